The maximum Gasteiger partial charge on any atom is 0.276 e. The second kappa shape index (κ2) is 6.15. The smallest absolute Gasteiger partial charge is 0.276 e. The molecule has 0 amide bonds. The molecule has 0 radical (unpaired) electrons. The van der Waals surface area contributed by atoms with Crippen molar-refractivity contribution in [3.63, 3.8) is 0 Å². The highest BCUT2D eigenvalue weighted by Crippen LogP contribution is 2.24. The van der Waals surface area contributed by atoms with Crippen LogP contribution >= 0.6 is 11.6 Å². The van der Waals surface area contributed by atoms with E-state index in [1.807, 2.05) is 0 Å². The average Bonchev–Trinajstić information content (AvgIpc) is 2.45. The van der Waals surface area contributed by atoms with E-state index in [0.717, 1.165) is 5.56 Å². The van der Waals surface area contributed by atoms with Gasteiger partial charge in [-0.2, -0.15) is 13.5 Å². The first-order valence-electron chi connectivity index (χ1n) is 5.99. The minimum Gasteiger partial charge on any atom is -0.507 e. The summed E-state index contributed by atoms with van der Waals surface area (Å²) in [6, 6.07) is 10.8. The zero-order valence-electron chi connectivity index (χ0n) is 11.1. The number of phenols is 1. The lowest BCUT2D eigenvalue weighted by Crippen LogP contribution is -2.18. The van der Waals surface area contributed by atoms with Gasteiger partial charge < -0.3 is 5.11 Å². The van der Waals surface area contributed by atoms with Gasteiger partial charge in [-0.25, -0.2) is 4.83 Å². The Kier molecular flexibility index (Phi) is 4.50. The highest BCUT2D eigenvalue weighted by molar-refractivity contribution is 7.89. The molecule has 2 aromatic rings. The molecule has 0 saturated heterocycles. The fraction of sp³-hybridized carbons (Fsp3) is 0.0714. The van der Waals surface area contributed by atoms with E-state index in [0.29, 0.717) is 10.6 Å². The van der Waals surface area contributed by atoms with Crippen molar-refractivity contribution in [2.24, 2.45) is 5.10 Å². The Bertz CT molecular complexity index is 774. The molecule has 2 N–H and O–H groups in total. The molecule has 0 fully saturated rings. The third-order valence-electron chi connectivity index (χ3n) is 2.74. The van der Waals surface area contributed by atoms with Crippen molar-refractivity contribution in [3.8, 4) is 5.75 Å². The van der Waals surface area contributed by atoms with Gasteiger partial charge in [0.05, 0.1) is 11.1 Å². The molecule has 0 heterocycles. The van der Waals surface area contributed by atoms with E-state index in [1.165, 1.54) is 30.5 Å². The van der Waals surface area contributed by atoms with Crippen LogP contribution in [0.1, 0.15) is 11.1 Å². The summed E-state index contributed by atoms with van der Waals surface area (Å²) in [7, 11) is -3.72. The number of aromatic hydroxyl groups is 1. The number of nitrogens with one attached hydrogen (secondary N) is 1. The quantitative estimate of drug-likeness (QED) is 0.670. The lowest BCUT2D eigenvalue weighted by atomic mass is 10.1. The fourth-order valence-corrected chi connectivity index (χ4v) is 2.59. The van der Waals surface area contributed by atoms with Crippen molar-refractivity contribution < 1.29 is 13.5 Å². The van der Waals surface area contributed by atoms with Crippen LogP contribution in [0.5, 0.6) is 5.75 Å². The number of hydrogen-bond donors (Lipinski definition) is 2. The van der Waals surface area contributed by atoms with Crippen LogP contribution in [-0.2, 0) is 10.0 Å². The van der Waals surface area contributed by atoms with Crippen molar-refractivity contribution in [1.82, 2.24) is 4.83 Å². The number of phenolic OH excluding ortho intramolecular Hbond substituents is 1. The van der Waals surface area contributed by atoms with Gasteiger partial charge in [-0.05, 0) is 36.8 Å². The second-order valence-electron chi connectivity index (χ2n) is 4.33. The largest absolute Gasteiger partial charge is 0.507 e. The van der Waals surface area contributed by atoms with Gasteiger partial charge in [0.25, 0.3) is 10.0 Å². The number of halogens is 1. The number of sulfonamides is 1. The summed E-state index contributed by atoms with van der Waals surface area (Å²) in [5.74, 6) is -0.0282. The Labute approximate surface area is 127 Å². The SMILES string of the molecule is Cc1cc(O)c(/C=N/NS(=O)(=O)c2ccccc2)cc1Cl. The Morgan fingerprint density at radius 2 is 1.90 bits per heavy atom. The van der Waals surface area contributed by atoms with E-state index in [9.17, 15) is 13.5 Å². The molecular formula is C14H13ClN2O3S. The third-order valence-corrected chi connectivity index (χ3v) is 4.38. The topological polar surface area (TPSA) is 78.8 Å². The number of nitrogens with zero attached hydrogens (tertiary/aromatic N) is 1. The standard InChI is InChI=1S/C14H13ClN2O3S/c1-10-7-14(18)11(8-13(10)15)9-16-17-21(19,20)12-5-3-2-4-6-12/h2-9,17-18H,1H3/b16-9+. The molecule has 0 aliphatic rings. The zero-order chi connectivity index (χ0) is 15.5. The highest BCUT2D eigenvalue weighted by atomic mass is 35.5. The molecule has 2 aromatic carbocycles. The van der Waals surface area contributed by atoms with E-state index >= 15 is 0 Å². The van der Waals surface area contributed by atoms with Gasteiger partial charge in [-0.3, -0.25) is 0 Å². The molecule has 0 unspecified atom stereocenters. The summed E-state index contributed by atoms with van der Waals surface area (Å²) in [5, 5.41) is 13.8. The molecule has 2 rings (SSSR count). The van der Waals surface area contributed by atoms with E-state index in [2.05, 4.69) is 9.93 Å². The van der Waals surface area contributed by atoms with Gasteiger partial charge in [0, 0.05) is 10.6 Å². The van der Waals surface area contributed by atoms with Crippen molar-refractivity contribution in [1.29, 1.82) is 0 Å². The molecule has 5 nitrogen and oxygen atoms in total. The molecule has 0 saturated carbocycles. The van der Waals surface area contributed by atoms with Crippen molar-refractivity contribution in [2.75, 3.05) is 0 Å². The van der Waals surface area contributed by atoms with Gasteiger partial charge in [-0.15, -0.1) is 0 Å². The van der Waals surface area contributed by atoms with Crippen LogP contribution < -0.4 is 4.83 Å². The zero-order valence-corrected chi connectivity index (χ0v) is 12.7. The monoisotopic (exact) mass is 324 g/mol. The Morgan fingerprint density at radius 1 is 1.24 bits per heavy atom. The average molecular weight is 325 g/mol. The van der Waals surface area contributed by atoms with Crippen molar-refractivity contribution in [2.45, 2.75) is 11.8 Å². The fourth-order valence-electron chi connectivity index (χ4n) is 1.60. The van der Waals surface area contributed by atoms with Crippen molar-refractivity contribution >= 4 is 27.8 Å². The maximum atomic E-state index is 11.9. The van der Waals surface area contributed by atoms with Gasteiger partial charge in [0.15, 0.2) is 0 Å². The van der Waals surface area contributed by atoms with E-state index < -0.39 is 10.0 Å². The molecule has 0 atom stereocenters. The Balaban J connectivity index is 2.18. The summed E-state index contributed by atoms with van der Waals surface area (Å²) in [4.78, 5) is 2.18. The molecule has 7 heteroatoms. The minimum absolute atomic E-state index is 0.0282. The van der Waals surface area contributed by atoms with Crippen LogP contribution in [0.25, 0.3) is 0 Å². The molecule has 0 aromatic heterocycles. The molecule has 110 valence electrons. The van der Waals surface area contributed by atoms with Crippen LogP contribution in [0.15, 0.2) is 52.5 Å². The lowest BCUT2D eigenvalue weighted by molar-refractivity contribution is 0.474. The number of aryl methyl sites for hydroxylation is 1. The molecule has 0 bridgehead atoms. The van der Waals surface area contributed by atoms with Crippen LogP contribution in [0, 0.1) is 6.92 Å². The minimum atomic E-state index is -3.72. The molecule has 0 aliphatic heterocycles. The summed E-state index contributed by atoms with van der Waals surface area (Å²) < 4.78 is 23.8. The van der Waals surface area contributed by atoms with Crippen LogP contribution in [0.2, 0.25) is 5.02 Å². The number of benzene rings is 2. The van der Waals surface area contributed by atoms with Crippen LogP contribution in [-0.4, -0.2) is 19.7 Å². The summed E-state index contributed by atoms with van der Waals surface area (Å²) >= 11 is 5.94. The Hall–Kier alpha value is -2.05. The molecular weight excluding hydrogens is 312 g/mol. The van der Waals surface area contributed by atoms with E-state index in [4.69, 9.17) is 11.6 Å². The molecule has 0 aliphatic carbocycles. The van der Waals surface area contributed by atoms with Gasteiger partial charge in [0.2, 0.25) is 0 Å². The molecule has 21 heavy (non-hydrogen) atoms. The number of hydrazone groups is 1. The number of rotatable bonds is 4. The highest BCUT2D eigenvalue weighted by Gasteiger charge is 2.11. The Morgan fingerprint density at radius 3 is 2.57 bits per heavy atom. The first-order chi connectivity index (χ1) is 9.90. The second-order valence-corrected chi connectivity index (χ2v) is 6.39. The van der Waals surface area contributed by atoms with Gasteiger partial charge in [-0.1, -0.05) is 29.8 Å². The first-order valence-corrected chi connectivity index (χ1v) is 7.85. The summed E-state index contributed by atoms with van der Waals surface area (Å²) in [6.07, 6.45) is 1.20. The third kappa shape index (κ3) is 3.74. The summed E-state index contributed by atoms with van der Waals surface area (Å²) in [5.41, 5.74) is 1.04. The predicted molar refractivity (Wildman–Crippen MR) is 82.2 cm³/mol. The molecule has 0 spiro atoms. The maximum absolute atomic E-state index is 11.9. The number of hydrogen-bond acceptors (Lipinski definition) is 4. The first kappa shape index (κ1) is 15.3. The van der Waals surface area contributed by atoms with E-state index in [-0.39, 0.29) is 10.6 Å². The van der Waals surface area contributed by atoms with Crippen molar-refractivity contribution in [3.05, 3.63) is 58.6 Å². The lowest BCUT2D eigenvalue weighted by Gasteiger charge is -2.04. The summed E-state index contributed by atoms with van der Waals surface area (Å²) in [6.45, 7) is 1.75. The predicted octanol–water partition coefficient (Wildman–Crippen LogP) is 2.67. The normalized spacial score (nSPS) is 11.7. The van der Waals surface area contributed by atoms with Gasteiger partial charge >= 0.3 is 0 Å². The van der Waals surface area contributed by atoms with Crippen LogP contribution in [0.4, 0.5) is 0 Å². The van der Waals surface area contributed by atoms with Crippen LogP contribution in [0.3, 0.4) is 0 Å². The van der Waals surface area contributed by atoms with E-state index in [1.54, 1.807) is 25.1 Å². The van der Waals surface area contributed by atoms with Gasteiger partial charge in [0.1, 0.15) is 5.75 Å².